The van der Waals surface area contributed by atoms with Crippen LogP contribution in [0.1, 0.15) is 10.4 Å². The molecular formula is C18H15Cl4N3O2. The second-order valence-corrected chi connectivity index (χ2v) is 7.71. The fourth-order valence-electron chi connectivity index (χ4n) is 2.76. The molecular weight excluding hydrogens is 432 g/mol. The van der Waals surface area contributed by atoms with E-state index in [1.54, 1.807) is 46.2 Å². The minimum atomic E-state index is -0.294. The second-order valence-electron chi connectivity index (χ2n) is 5.99. The molecule has 1 N–H and O–H groups in total. The van der Waals surface area contributed by atoms with E-state index in [0.29, 0.717) is 57.5 Å². The van der Waals surface area contributed by atoms with Crippen LogP contribution >= 0.6 is 46.4 Å². The average molecular weight is 447 g/mol. The van der Waals surface area contributed by atoms with Gasteiger partial charge in [-0.15, -0.1) is 0 Å². The number of hydrogen-bond acceptors (Lipinski definition) is 2. The number of halogens is 4. The number of rotatable bonds is 2. The van der Waals surface area contributed by atoms with Gasteiger partial charge < -0.3 is 15.1 Å². The zero-order chi connectivity index (χ0) is 19.6. The van der Waals surface area contributed by atoms with Crippen molar-refractivity contribution in [2.45, 2.75) is 0 Å². The van der Waals surface area contributed by atoms with Crippen molar-refractivity contribution in [3.8, 4) is 0 Å². The van der Waals surface area contributed by atoms with Gasteiger partial charge in [0.1, 0.15) is 0 Å². The van der Waals surface area contributed by atoms with Crippen molar-refractivity contribution in [3.05, 3.63) is 62.1 Å². The Kier molecular flexibility index (Phi) is 6.37. The normalized spacial score (nSPS) is 14.2. The van der Waals surface area contributed by atoms with E-state index in [2.05, 4.69) is 5.32 Å². The van der Waals surface area contributed by atoms with Crippen molar-refractivity contribution in [1.82, 2.24) is 9.80 Å². The monoisotopic (exact) mass is 445 g/mol. The van der Waals surface area contributed by atoms with Crippen LogP contribution in [0, 0.1) is 0 Å². The first kappa shape index (κ1) is 20.1. The molecule has 1 aliphatic rings. The van der Waals surface area contributed by atoms with Crippen LogP contribution in [0.15, 0.2) is 36.4 Å². The fourth-order valence-corrected chi connectivity index (χ4v) is 3.62. The molecule has 0 aromatic heterocycles. The molecule has 0 radical (unpaired) electrons. The summed E-state index contributed by atoms with van der Waals surface area (Å²) < 4.78 is 0. The van der Waals surface area contributed by atoms with E-state index in [0.717, 1.165) is 0 Å². The van der Waals surface area contributed by atoms with Crippen LogP contribution in [-0.4, -0.2) is 47.9 Å². The molecule has 27 heavy (non-hydrogen) atoms. The van der Waals surface area contributed by atoms with E-state index in [1.165, 1.54) is 0 Å². The Morgan fingerprint density at radius 2 is 1.37 bits per heavy atom. The predicted octanol–water partition coefficient (Wildman–Crippen LogP) is 5.29. The smallest absolute Gasteiger partial charge is 0.322 e. The van der Waals surface area contributed by atoms with Gasteiger partial charge in [-0.3, -0.25) is 4.79 Å². The Morgan fingerprint density at radius 3 is 2.00 bits per heavy atom. The van der Waals surface area contributed by atoms with Gasteiger partial charge in [0.05, 0.1) is 10.7 Å². The largest absolute Gasteiger partial charge is 0.335 e. The first-order chi connectivity index (χ1) is 12.8. The van der Waals surface area contributed by atoms with Crippen molar-refractivity contribution < 1.29 is 9.59 Å². The van der Waals surface area contributed by atoms with Gasteiger partial charge in [0.15, 0.2) is 0 Å². The van der Waals surface area contributed by atoms with E-state index in [4.69, 9.17) is 46.4 Å². The SMILES string of the molecule is O=C(Nc1cc(Cl)ccc1Cl)N1CCN(C(=O)c2cc(Cl)cc(Cl)c2)CC1. The lowest BCUT2D eigenvalue weighted by molar-refractivity contribution is 0.0671. The summed E-state index contributed by atoms with van der Waals surface area (Å²) in [6.45, 7) is 1.59. The number of anilines is 1. The molecule has 2 aromatic rings. The molecule has 0 bridgehead atoms. The molecule has 0 spiro atoms. The van der Waals surface area contributed by atoms with Crippen molar-refractivity contribution >= 4 is 64.0 Å². The van der Waals surface area contributed by atoms with Crippen LogP contribution < -0.4 is 5.32 Å². The maximum atomic E-state index is 12.6. The van der Waals surface area contributed by atoms with Crippen molar-refractivity contribution in [3.63, 3.8) is 0 Å². The summed E-state index contributed by atoms with van der Waals surface area (Å²) in [5.74, 6) is -0.169. The Bertz CT molecular complexity index is 863. The summed E-state index contributed by atoms with van der Waals surface area (Å²) in [5.41, 5.74) is 0.873. The lowest BCUT2D eigenvalue weighted by Crippen LogP contribution is -2.51. The molecule has 3 amide bonds. The molecule has 1 fully saturated rings. The molecule has 5 nitrogen and oxygen atoms in total. The minimum absolute atomic E-state index is 0.169. The zero-order valence-electron chi connectivity index (χ0n) is 14.0. The van der Waals surface area contributed by atoms with E-state index in [1.807, 2.05) is 0 Å². The van der Waals surface area contributed by atoms with Gasteiger partial charge in [0.2, 0.25) is 0 Å². The van der Waals surface area contributed by atoms with Gasteiger partial charge in [-0.25, -0.2) is 4.79 Å². The van der Waals surface area contributed by atoms with Crippen LogP contribution in [0.2, 0.25) is 20.1 Å². The number of piperazine rings is 1. The van der Waals surface area contributed by atoms with Gasteiger partial charge >= 0.3 is 6.03 Å². The number of carbonyl (C=O) groups is 2. The summed E-state index contributed by atoms with van der Waals surface area (Å²) in [6, 6.07) is 9.29. The van der Waals surface area contributed by atoms with Crippen molar-refractivity contribution in [2.24, 2.45) is 0 Å². The molecule has 1 heterocycles. The predicted molar refractivity (Wildman–Crippen MR) is 109 cm³/mol. The third-order valence-corrected chi connectivity index (χ3v) is 5.13. The van der Waals surface area contributed by atoms with Crippen molar-refractivity contribution in [2.75, 3.05) is 31.5 Å². The van der Waals surface area contributed by atoms with E-state index < -0.39 is 0 Å². The molecule has 142 valence electrons. The molecule has 2 aromatic carbocycles. The average Bonchev–Trinajstić information content (AvgIpc) is 2.63. The molecule has 0 unspecified atom stereocenters. The third-order valence-electron chi connectivity index (χ3n) is 4.13. The zero-order valence-corrected chi connectivity index (χ0v) is 17.0. The highest BCUT2D eigenvalue weighted by atomic mass is 35.5. The molecule has 0 aliphatic carbocycles. The third kappa shape index (κ3) is 4.99. The molecule has 0 saturated carbocycles. The summed E-state index contributed by atoms with van der Waals surface area (Å²) in [7, 11) is 0. The highest BCUT2D eigenvalue weighted by molar-refractivity contribution is 6.36. The highest BCUT2D eigenvalue weighted by Crippen LogP contribution is 2.26. The molecule has 0 atom stereocenters. The minimum Gasteiger partial charge on any atom is -0.335 e. The van der Waals surface area contributed by atoms with E-state index >= 15 is 0 Å². The lowest BCUT2D eigenvalue weighted by atomic mass is 10.2. The first-order valence-electron chi connectivity index (χ1n) is 8.10. The van der Waals surface area contributed by atoms with Crippen molar-refractivity contribution in [1.29, 1.82) is 0 Å². The molecule has 1 aliphatic heterocycles. The molecule has 1 saturated heterocycles. The van der Waals surface area contributed by atoms with Crippen LogP contribution in [0.4, 0.5) is 10.5 Å². The van der Waals surface area contributed by atoms with Gasteiger partial charge in [0, 0.05) is 46.8 Å². The fraction of sp³-hybridized carbons (Fsp3) is 0.222. The number of nitrogens with one attached hydrogen (secondary N) is 1. The lowest BCUT2D eigenvalue weighted by Gasteiger charge is -2.34. The summed E-state index contributed by atoms with van der Waals surface area (Å²) in [4.78, 5) is 28.3. The second kappa shape index (κ2) is 8.57. The van der Waals surface area contributed by atoms with Crippen LogP contribution in [-0.2, 0) is 0 Å². The highest BCUT2D eigenvalue weighted by Gasteiger charge is 2.25. The summed E-state index contributed by atoms with van der Waals surface area (Å²) in [6.07, 6.45) is 0. The molecule has 9 heteroatoms. The maximum Gasteiger partial charge on any atom is 0.322 e. The topological polar surface area (TPSA) is 52.7 Å². The van der Waals surface area contributed by atoms with Gasteiger partial charge in [-0.1, -0.05) is 46.4 Å². The summed E-state index contributed by atoms with van der Waals surface area (Å²) in [5, 5.41) is 4.43. The maximum absolute atomic E-state index is 12.6. The van der Waals surface area contributed by atoms with Gasteiger partial charge in [-0.2, -0.15) is 0 Å². The number of carbonyl (C=O) groups excluding carboxylic acids is 2. The quantitative estimate of drug-likeness (QED) is 0.681. The number of nitrogens with zero attached hydrogens (tertiary/aromatic N) is 2. The number of hydrogen-bond donors (Lipinski definition) is 1. The number of amides is 3. The van der Waals surface area contributed by atoms with Crippen LogP contribution in [0.5, 0.6) is 0 Å². The number of benzene rings is 2. The Hall–Kier alpha value is -1.66. The van der Waals surface area contributed by atoms with Gasteiger partial charge in [-0.05, 0) is 36.4 Å². The Balaban J connectivity index is 1.60. The standard InChI is InChI=1S/C18H15Cl4N3O2/c19-12-1-2-15(22)16(10-12)23-18(27)25-5-3-24(4-6-25)17(26)11-7-13(20)9-14(21)8-11/h1-2,7-10H,3-6H2,(H,23,27). The Labute approximate surface area is 176 Å². The van der Waals surface area contributed by atoms with E-state index in [9.17, 15) is 9.59 Å². The van der Waals surface area contributed by atoms with E-state index in [-0.39, 0.29) is 11.9 Å². The first-order valence-corrected chi connectivity index (χ1v) is 9.61. The van der Waals surface area contributed by atoms with Crippen LogP contribution in [0.25, 0.3) is 0 Å². The summed E-state index contributed by atoms with van der Waals surface area (Å²) >= 11 is 23.9. The molecule has 3 rings (SSSR count). The van der Waals surface area contributed by atoms with Crippen LogP contribution in [0.3, 0.4) is 0 Å². The number of urea groups is 1. The Morgan fingerprint density at radius 1 is 0.778 bits per heavy atom. The van der Waals surface area contributed by atoms with Gasteiger partial charge in [0.25, 0.3) is 5.91 Å².